The van der Waals surface area contributed by atoms with Crippen LogP contribution in [0.2, 0.25) is 0 Å². The number of fused-ring (bicyclic) bond motifs is 1. The van der Waals surface area contributed by atoms with Gasteiger partial charge in [0.15, 0.2) is 0 Å². The Morgan fingerprint density at radius 1 is 1.29 bits per heavy atom. The van der Waals surface area contributed by atoms with Gasteiger partial charge in [-0.3, -0.25) is 0 Å². The number of rotatable bonds is 2. The van der Waals surface area contributed by atoms with Gasteiger partial charge in [0.25, 0.3) is 0 Å². The fraction of sp³-hybridized carbons (Fsp3) is 0.533. The second-order valence-electron chi connectivity index (χ2n) is 5.58. The summed E-state index contributed by atoms with van der Waals surface area (Å²) in [4.78, 5) is 13.2. The molecule has 1 aromatic carbocycles. The van der Waals surface area contributed by atoms with Gasteiger partial charge in [-0.1, -0.05) is 0 Å². The van der Waals surface area contributed by atoms with E-state index in [-0.39, 0.29) is 24.9 Å². The number of ether oxygens (including phenoxy) is 1. The lowest BCUT2D eigenvalue weighted by atomic mass is 10.1. The molecule has 0 radical (unpaired) electrons. The quantitative estimate of drug-likeness (QED) is 0.912. The summed E-state index contributed by atoms with van der Waals surface area (Å²) in [6.07, 6.45) is 0.714. The molecule has 0 saturated carbocycles. The number of alkyl halides is 2. The van der Waals surface area contributed by atoms with Crippen LogP contribution in [0.3, 0.4) is 0 Å². The zero-order valence-electron chi connectivity index (χ0n) is 11.6. The van der Waals surface area contributed by atoms with Gasteiger partial charge in [-0.05, 0) is 24.1 Å². The number of nitrogens with zero attached hydrogens (tertiary/aromatic N) is 1. The molecule has 2 aliphatic rings. The van der Waals surface area contributed by atoms with E-state index < -0.39 is 11.9 Å². The maximum absolute atomic E-state index is 13.5. The summed E-state index contributed by atoms with van der Waals surface area (Å²) >= 11 is 0. The highest BCUT2D eigenvalue weighted by Gasteiger charge is 2.33. The molecular weight excluding hydrogens is 280 g/mol. The van der Waals surface area contributed by atoms with Crippen LogP contribution in [-0.2, 0) is 6.42 Å². The van der Waals surface area contributed by atoms with E-state index in [4.69, 9.17) is 4.74 Å². The van der Waals surface area contributed by atoms with E-state index in [1.54, 1.807) is 11.0 Å². The Balaban J connectivity index is 1.95. The third-order valence-electron chi connectivity index (χ3n) is 4.10. The summed E-state index contributed by atoms with van der Waals surface area (Å²) in [5, 5.41) is 9.37. The Hall–Kier alpha value is -1.85. The van der Waals surface area contributed by atoms with E-state index in [9.17, 15) is 18.7 Å². The summed E-state index contributed by atoms with van der Waals surface area (Å²) in [7, 11) is 0. The summed E-state index contributed by atoms with van der Waals surface area (Å²) in [5.74, 6) is -3.12. The Bertz CT molecular complexity index is 574. The normalized spacial score (nSPS) is 20.6. The number of carbonyl (C=O) groups is 1. The smallest absolute Gasteiger partial charge is 0.337 e. The number of halogens is 2. The fourth-order valence-corrected chi connectivity index (χ4v) is 2.95. The van der Waals surface area contributed by atoms with Gasteiger partial charge in [0.1, 0.15) is 5.75 Å². The van der Waals surface area contributed by atoms with E-state index in [0.29, 0.717) is 31.0 Å². The highest BCUT2D eigenvalue weighted by atomic mass is 19.3. The first kappa shape index (κ1) is 14.1. The predicted molar refractivity (Wildman–Crippen MR) is 73.6 cm³/mol. The van der Waals surface area contributed by atoms with Crippen LogP contribution in [0.1, 0.15) is 35.2 Å². The summed E-state index contributed by atoms with van der Waals surface area (Å²) < 4.78 is 32.3. The number of aromatic carboxylic acids is 1. The zero-order chi connectivity index (χ0) is 15.0. The zero-order valence-corrected chi connectivity index (χ0v) is 11.6. The van der Waals surface area contributed by atoms with Crippen molar-refractivity contribution in [2.24, 2.45) is 0 Å². The van der Waals surface area contributed by atoms with Gasteiger partial charge in [-0.25, -0.2) is 13.6 Å². The molecule has 1 aromatic rings. The molecule has 1 saturated heterocycles. The van der Waals surface area contributed by atoms with Crippen molar-refractivity contribution in [3.05, 3.63) is 23.3 Å². The molecule has 0 aromatic heterocycles. The summed E-state index contributed by atoms with van der Waals surface area (Å²) in [6.45, 7) is 1.17. The molecule has 3 rings (SSSR count). The number of carboxylic acid groups (broad SMARTS) is 1. The van der Waals surface area contributed by atoms with Crippen molar-refractivity contribution in [1.82, 2.24) is 0 Å². The third kappa shape index (κ3) is 2.80. The van der Waals surface area contributed by atoms with Crippen molar-refractivity contribution >= 4 is 11.7 Å². The maximum Gasteiger partial charge on any atom is 0.337 e. The molecule has 4 nitrogen and oxygen atoms in total. The molecule has 2 aliphatic heterocycles. The third-order valence-corrected chi connectivity index (χ3v) is 4.10. The lowest BCUT2D eigenvalue weighted by Crippen LogP contribution is -2.27. The topological polar surface area (TPSA) is 49.8 Å². The largest absolute Gasteiger partial charge is 0.493 e. The lowest BCUT2D eigenvalue weighted by molar-refractivity contribution is -0.0102. The van der Waals surface area contributed by atoms with Crippen LogP contribution in [-0.4, -0.2) is 36.7 Å². The monoisotopic (exact) mass is 297 g/mol. The lowest BCUT2D eigenvalue weighted by Gasteiger charge is -2.25. The maximum atomic E-state index is 13.5. The second-order valence-corrected chi connectivity index (χ2v) is 5.58. The number of carboxylic acids is 1. The Kier molecular flexibility index (Phi) is 3.47. The Morgan fingerprint density at radius 3 is 2.86 bits per heavy atom. The number of anilines is 1. The van der Waals surface area contributed by atoms with Gasteiger partial charge >= 0.3 is 5.97 Å². The minimum absolute atomic E-state index is 0.126. The molecule has 6 heteroatoms. The van der Waals surface area contributed by atoms with Gasteiger partial charge in [-0.15, -0.1) is 0 Å². The van der Waals surface area contributed by atoms with Crippen LogP contribution in [0.4, 0.5) is 14.5 Å². The van der Waals surface area contributed by atoms with Crippen molar-refractivity contribution in [3.63, 3.8) is 0 Å². The fourth-order valence-electron chi connectivity index (χ4n) is 2.95. The number of hydrogen-bond donors (Lipinski definition) is 1. The van der Waals surface area contributed by atoms with E-state index >= 15 is 0 Å². The highest BCUT2D eigenvalue weighted by Crippen LogP contribution is 2.36. The van der Waals surface area contributed by atoms with Gasteiger partial charge in [-0.2, -0.15) is 0 Å². The van der Waals surface area contributed by atoms with Crippen LogP contribution in [0, 0.1) is 0 Å². The van der Waals surface area contributed by atoms with Gasteiger partial charge in [0.05, 0.1) is 17.9 Å². The highest BCUT2D eigenvalue weighted by molar-refractivity contribution is 5.95. The van der Waals surface area contributed by atoms with E-state index in [1.165, 1.54) is 6.07 Å². The van der Waals surface area contributed by atoms with Crippen molar-refractivity contribution in [1.29, 1.82) is 0 Å². The van der Waals surface area contributed by atoms with Crippen LogP contribution in [0.5, 0.6) is 5.75 Å². The Morgan fingerprint density at radius 2 is 2.10 bits per heavy atom. The molecule has 0 unspecified atom stereocenters. The molecule has 1 fully saturated rings. The summed E-state index contributed by atoms with van der Waals surface area (Å²) in [5.41, 5.74) is 1.61. The standard InChI is InChI=1S/C15H17F2NO3/c16-15(17)3-1-5-18(6-4-15)12-8-10-2-7-21-13(10)9-11(12)14(19)20/h8-9H,1-7H2,(H,19,20). The first-order chi connectivity index (χ1) is 9.96. The van der Waals surface area contributed by atoms with Crippen LogP contribution in [0.15, 0.2) is 12.1 Å². The first-order valence-corrected chi connectivity index (χ1v) is 7.12. The van der Waals surface area contributed by atoms with Crippen molar-refractivity contribution < 1.29 is 23.4 Å². The molecule has 0 amide bonds. The average molecular weight is 297 g/mol. The second kappa shape index (κ2) is 5.16. The molecule has 0 atom stereocenters. The number of benzene rings is 1. The predicted octanol–water partition coefficient (Wildman–Crippen LogP) is 2.95. The van der Waals surface area contributed by atoms with Crippen LogP contribution in [0.25, 0.3) is 0 Å². The molecule has 0 spiro atoms. The summed E-state index contributed by atoms with van der Waals surface area (Å²) in [6, 6.07) is 3.30. The average Bonchev–Trinajstić information content (AvgIpc) is 2.80. The van der Waals surface area contributed by atoms with Crippen molar-refractivity contribution in [2.45, 2.75) is 31.6 Å². The Labute approximate surface area is 121 Å². The van der Waals surface area contributed by atoms with Crippen molar-refractivity contribution in [2.75, 3.05) is 24.6 Å². The minimum atomic E-state index is -2.65. The first-order valence-electron chi connectivity index (χ1n) is 7.12. The minimum Gasteiger partial charge on any atom is -0.493 e. The molecular formula is C15H17F2NO3. The molecule has 2 heterocycles. The molecule has 21 heavy (non-hydrogen) atoms. The SMILES string of the molecule is O=C(O)c1cc2c(cc1N1CCCC(F)(F)CC1)CCO2. The van der Waals surface area contributed by atoms with Crippen molar-refractivity contribution in [3.8, 4) is 5.75 Å². The molecule has 0 aliphatic carbocycles. The molecule has 0 bridgehead atoms. The number of hydrogen-bond acceptors (Lipinski definition) is 3. The van der Waals surface area contributed by atoms with Crippen LogP contribution >= 0.6 is 0 Å². The van der Waals surface area contributed by atoms with Gasteiger partial charge in [0, 0.05) is 32.4 Å². The molecule has 114 valence electrons. The van der Waals surface area contributed by atoms with Crippen LogP contribution < -0.4 is 9.64 Å². The van der Waals surface area contributed by atoms with Gasteiger partial charge < -0.3 is 14.7 Å². The molecule has 1 N–H and O–H groups in total. The van der Waals surface area contributed by atoms with Gasteiger partial charge in [0.2, 0.25) is 5.92 Å². The van der Waals surface area contributed by atoms with E-state index in [1.807, 2.05) is 0 Å². The van der Waals surface area contributed by atoms with E-state index in [2.05, 4.69) is 0 Å². The van der Waals surface area contributed by atoms with E-state index in [0.717, 1.165) is 12.0 Å².